The van der Waals surface area contributed by atoms with Crippen molar-refractivity contribution in [2.75, 3.05) is 0 Å². The van der Waals surface area contributed by atoms with E-state index >= 15 is 0 Å². The topological polar surface area (TPSA) is 28.7 Å². The molecule has 96 valence electrons. The van der Waals surface area contributed by atoms with Crippen molar-refractivity contribution < 1.29 is 4.39 Å². The number of hydrogen-bond acceptors (Lipinski definition) is 1. The van der Waals surface area contributed by atoms with E-state index in [4.69, 9.17) is 11.6 Å². The number of nitrogens with one attached hydrogen (secondary N) is 1. The predicted octanol–water partition coefficient (Wildman–Crippen LogP) is 5.55. The number of H-pyrrole nitrogens is 1. The molecule has 3 aromatic rings. The van der Waals surface area contributed by atoms with Crippen LogP contribution in [0.2, 0.25) is 5.02 Å². The van der Waals surface area contributed by atoms with Crippen LogP contribution in [0.15, 0.2) is 39.3 Å². The summed E-state index contributed by atoms with van der Waals surface area (Å²) in [7, 11) is 0. The fourth-order valence-corrected chi connectivity index (χ4v) is 2.91. The molecular formula is C13H6Br2ClFN2. The van der Waals surface area contributed by atoms with Gasteiger partial charge in [-0.2, -0.15) is 0 Å². The highest BCUT2D eigenvalue weighted by Gasteiger charge is 2.11. The molecule has 2 aromatic carbocycles. The van der Waals surface area contributed by atoms with Crippen molar-refractivity contribution in [2.45, 2.75) is 0 Å². The quantitative estimate of drug-likeness (QED) is 0.566. The largest absolute Gasteiger partial charge is 0.338 e. The molecule has 1 N–H and O–H groups in total. The summed E-state index contributed by atoms with van der Waals surface area (Å²) in [6.45, 7) is 0. The van der Waals surface area contributed by atoms with Gasteiger partial charge in [-0.05, 0) is 40.2 Å². The lowest BCUT2D eigenvalue weighted by molar-refractivity contribution is 0.623. The Morgan fingerprint density at radius 3 is 2.68 bits per heavy atom. The Hall–Kier alpha value is -0.910. The molecular weight excluding hydrogens is 398 g/mol. The molecule has 1 aromatic heterocycles. The Morgan fingerprint density at radius 1 is 1.16 bits per heavy atom. The minimum absolute atomic E-state index is 0.329. The Labute approximate surface area is 130 Å². The zero-order valence-electron chi connectivity index (χ0n) is 9.35. The molecule has 0 aliphatic rings. The van der Waals surface area contributed by atoms with Crippen molar-refractivity contribution in [1.82, 2.24) is 9.97 Å². The first-order valence-electron chi connectivity index (χ1n) is 5.35. The lowest BCUT2D eigenvalue weighted by Gasteiger charge is -2.00. The van der Waals surface area contributed by atoms with Crippen LogP contribution >= 0.6 is 43.5 Å². The van der Waals surface area contributed by atoms with Crippen LogP contribution in [0.1, 0.15) is 0 Å². The van der Waals surface area contributed by atoms with Crippen molar-refractivity contribution in [3.05, 3.63) is 50.1 Å². The highest BCUT2D eigenvalue weighted by atomic mass is 79.9. The zero-order chi connectivity index (χ0) is 13.6. The molecule has 0 aliphatic carbocycles. The summed E-state index contributed by atoms with van der Waals surface area (Å²) in [6.07, 6.45) is 0. The lowest BCUT2D eigenvalue weighted by Crippen LogP contribution is -1.81. The van der Waals surface area contributed by atoms with Crippen molar-refractivity contribution in [1.29, 1.82) is 0 Å². The van der Waals surface area contributed by atoms with E-state index in [-0.39, 0.29) is 5.82 Å². The Bertz CT molecular complexity index is 747. The molecule has 19 heavy (non-hydrogen) atoms. The summed E-state index contributed by atoms with van der Waals surface area (Å²) in [6, 6.07) is 8.57. The maximum absolute atomic E-state index is 13.5. The van der Waals surface area contributed by atoms with Crippen LogP contribution in [0, 0.1) is 5.82 Å². The molecule has 0 radical (unpaired) electrons. The molecule has 0 aliphatic heterocycles. The number of benzene rings is 2. The van der Waals surface area contributed by atoms with Crippen LogP contribution in [0.25, 0.3) is 22.4 Å². The lowest BCUT2D eigenvalue weighted by atomic mass is 10.2. The summed E-state index contributed by atoms with van der Waals surface area (Å²) in [5, 5.41) is 0.577. The van der Waals surface area contributed by atoms with E-state index < -0.39 is 0 Å². The number of halogens is 4. The van der Waals surface area contributed by atoms with E-state index in [9.17, 15) is 4.39 Å². The van der Waals surface area contributed by atoms with Crippen molar-refractivity contribution in [3.63, 3.8) is 0 Å². The molecule has 0 fully saturated rings. The Kier molecular flexibility index (Phi) is 3.37. The molecule has 0 saturated carbocycles. The number of aromatic nitrogens is 2. The van der Waals surface area contributed by atoms with Gasteiger partial charge in [0, 0.05) is 16.1 Å². The Balaban J connectivity index is 2.20. The first-order chi connectivity index (χ1) is 9.04. The zero-order valence-corrected chi connectivity index (χ0v) is 13.3. The third-order valence-electron chi connectivity index (χ3n) is 2.71. The van der Waals surface area contributed by atoms with Crippen molar-refractivity contribution in [3.8, 4) is 11.4 Å². The van der Waals surface area contributed by atoms with Gasteiger partial charge in [0.05, 0.1) is 20.5 Å². The number of imidazole rings is 1. The highest BCUT2D eigenvalue weighted by molar-refractivity contribution is 9.10. The molecule has 2 nitrogen and oxygen atoms in total. The maximum atomic E-state index is 13.5. The Morgan fingerprint density at radius 2 is 1.95 bits per heavy atom. The van der Waals surface area contributed by atoms with Crippen LogP contribution in [0.3, 0.4) is 0 Å². The normalized spacial score (nSPS) is 11.2. The van der Waals surface area contributed by atoms with Gasteiger partial charge in [-0.3, -0.25) is 0 Å². The van der Waals surface area contributed by atoms with E-state index in [0.29, 0.717) is 26.4 Å². The summed E-state index contributed by atoms with van der Waals surface area (Å²) < 4.78 is 14.7. The second-order valence-corrected chi connectivity index (χ2v) is 6.17. The molecule has 0 saturated heterocycles. The average molecular weight is 404 g/mol. The summed E-state index contributed by atoms with van der Waals surface area (Å²) >= 11 is 12.7. The number of aromatic amines is 1. The predicted molar refractivity (Wildman–Crippen MR) is 81.9 cm³/mol. The fourth-order valence-electron chi connectivity index (χ4n) is 1.81. The summed E-state index contributed by atoms with van der Waals surface area (Å²) in [4.78, 5) is 7.49. The first kappa shape index (κ1) is 13.1. The van der Waals surface area contributed by atoms with Crippen LogP contribution < -0.4 is 0 Å². The standard InChI is InChI=1S/C13H6Br2ClFN2/c14-6-1-2-7(9(16)3-6)13-18-11-4-8(15)10(17)5-12(11)19-13/h1-5H,(H,18,19). The van der Waals surface area contributed by atoms with E-state index in [1.165, 1.54) is 6.07 Å². The second kappa shape index (κ2) is 4.89. The van der Waals surface area contributed by atoms with E-state index in [1.807, 2.05) is 12.1 Å². The summed E-state index contributed by atoms with van der Waals surface area (Å²) in [5.41, 5.74) is 2.09. The minimum Gasteiger partial charge on any atom is -0.338 e. The van der Waals surface area contributed by atoms with Gasteiger partial charge >= 0.3 is 0 Å². The number of fused-ring (bicyclic) bond motifs is 1. The molecule has 0 atom stereocenters. The monoisotopic (exact) mass is 402 g/mol. The SMILES string of the molecule is Fc1cc2[nH]c(-c3ccc(Br)cc3Cl)nc2cc1Br. The first-order valence-corrected chi connectivity index (χ1v) is 7.31. The molecule has 3 rings (SSSR count). The van der Waals surface area contributed by atoms with Gasteiger partial charge in [-0.15, -0.1) is 0 Å². The van der Waals surface area contributed by atoms with Gasteiger partial charge in [0.15, 0.2) is 0 Å². The summed E-state index contributed by atoms with van der Waals surface area (Å²) in [5.74, 6) is 0.287. The van der Waals surface area contributed by atoms with Gasteiger partial charge in [0.2, 0.25) is 0 Å². The average Bonchev–Trinajstić information content (AvgIpc) is 2.72. The molecule has 6 heteroatoms. The van der Waals surface area contributed by atoms with E-state index in [0.717, 1.165) is 10.0 Å². The molecule has 1 heterocycles. The molecule has 0 bridgehead atoms. The van der Waals surface area contributed by atoms with Gasteiger partial charge < -0.3 is 4.98 Å². The van der Waals surface area contributed by atoms with E-state index in [1.54, 1.807) is 12.1 Å². The highest BCUT2D eigenvalue weighted by Crippen LogP contribution is 2.31. The molecule has 0 amide bonds. The minimum atomic E-state index is -0.329. The molecule has 0 unspecified atom stereocenters. The van der Waals surface area contributed by atoms with Crippen LogP contribution in [0.4, 0.5) is 4.39 Å². The number of hydrogen-bond donors (Lipinski definition) is 1. The van der Waals surface area contributed by atoms with Crippen molar-refractivity contribution in [2.24, 2.45) is 0 Å². The maximum Gasteiger partial charge on any atom is 0.140 e. The fraction of sp³-hybridized carbons (Fsp3) is 0. The van der Waals surface area contributed by atoms with Crippen LogP contribution in [-0.4, -0.2) is 9.97 Å². The van der Waals surface area contributed by atoms with Gasteiger partial charge in [0.25, 0.3) is 0 Å². The number of nitrogens with zero attached hydrogens (tertiary/aromatic N) is 1. The van der Waals surface area contributed by atoms with Crippen molar-refractivity contribution >= 4 is 54.5 Å². The third-order valence-corrected chi connectivity index (χ3v) is 4.12. The number of rotatable bonds is 1. The third kappa shape index (κ3) is 2.42. The van der Waals surface area contributed by atoms with Gasteiger partial charge in [-0.1, -0.05) is 27.5 Å². The van der Waals surface area contributed by atoms with Gasteiger partial charge in [0.1, 0.15) is 11.6 Å². The van der Waals surface area contributed by atoms with Crippen LogP contribution in [-0.2, 0) is 0 Å². The smallest absolute Gasteiger partial charge is 0.140 e. The van der Waals surface area contributed by atoms with E-state index in [2.05, 4.69) is 41.8 Å². The molecule has 0 spiro atoms. The van der Waals surface area contributed by atoms with Crippen LogP contribution in [0.5, 0.6) is 0 Å². The van der Waals surface area contributed by atoms with Gasteiger partial charge in [-0.25, -0.2) is 9.37 Å². The second-order valence-electron chi connectivity index (χ2n) is 3.99.